The first kappa shape index (κ1) is 13.3. The number of aldehydes is 1. The Labute approximate surface area is 114 Å². The van der Waals surface area contributed by atoms with Gasteiger partial charge in [-0.3, -0.25) is 4.79 Å². The molecule has 2 aromatic rings. The van der Waals surface area contributed by atoms with Crippen molar-refractivity contribution in [3.8, 4) is 16.9 Å². The van der Waals surface area contributed by atoms with Gasteiger partial charge in [-0.25, -0.2) is 0 Å². The lowest BCUT2D eigenvalue weighted by molar-refractivity contribution is 0.112. The lowest BCUT2D eigenvalue weighted by Crippen LogP contribution is -1.93. The van der Waals surface area contributed by atoms with Crippen LogP contribution >= 0.6 is 0 Å². The number of carbonyl (C=O) groups is 1. The Morgan fingerprint density at radius 1 is 1.05 bits per heavy atom. The van der Waals surface area contributed by atoms with Crippen LogP contribution in [-0.4, -0.2) is 12.9 Å². The van der Waals surface area contributed by atoms with E-state index < -0.39 is 0 Å². The number of hydrogen-bond acceptors (Lipinski definition) is 2. The van der Waals surface area contributed by atoms with Crippen molar-refractivity contribution in [2.45, 2.75) is 20.3 Å². The van der Waals surface area contributed by atoms with Crippen LogP contribution < -0.4 is 4.74 Å². The van der Waals surface area contributed by atoms with Crippen molar-refractivity contribution < 1.29 is 9.53 Å². The standard InChI is InChI=1S/C17H18O2/c1-3-13-10-15(8-9-16(13)12-18)14-6-5-7-17(11-14)19-4-2/h5-12H,3-4H2,1-2H3. The molecule has 0 bridgehead atoms. The van der Waals surface area contributed by atoms with E-state index in [0.717, 1.165) is 40.7 Å². The fourth-order valence-corrected chi connectivity index (χ4v) is 2.14. The molecule has 0 saturated carbocycles. The molecule has 19 heavy (non-hydrogen) atoms. The van der Waals surface area contributed by atoms with E-state index in [-0.39, 0.29) is 0 Å². The van der Waals surface area contributed by atoms with Crippen molar-refractivity contribution in [1.29, 1.82) is 0 Å². The Kier molecular flexibility index (Phi) is 4.35. The van der Waals surface area contributed by atoms with Gasteiger partial charge < -0.3 is 4.74 Å². The molecule has 0 aliphatic heterocycles. The van der Waals surface area contributed by atoms with Gasteiger partial charge in [-0.2, -0.15) is 0 Å². The highest BCUT2D eigenvalue weighted by Crippen LogP contribution is 2.26. The molecular formula is C17H18O2. The van der Waals surface area contributed by atoms with E-state index >= 15 is 0 Å². The summed E-state index contributed by atoms with van der Waals surface area (Å²) >= 11 is 0. The Hall–Kier alpha value is -2.09. The summed E-state index contributed by atoms with van der Waals surface area (Å²) in [6.07, 6.45) is 1.77. The van der Waals surface area contributed by atoms with Crippen molar-refractivity contribution in [2.24, 2.45) is 0 Å². The average Bonchev–Trinajstić information content (AvgIpc) is 2.47. The summed E-state index contributed by atoms with van der Waals surface area (Å²) in [6.45, 7) is 4.69. The molecule has 0 aliphatic carbocycles. The number of hydrogen-bond donors (Lipinski definition) is 0. The number of carbonyl (C=O) groups excluding carboxylic acids is 1. The molecule has 0 heterocycles. The first-order chi connectivity index (χ1) is 9.28. The quantitative estimate of drug-likeness (QED) is 0.750. The second-order valence-electron chi connectivity index (χ2n) is 4.35. The summed E-state index contributed by atoms with van der Waals surface area (Å²) in [5.74, 6) is 0.873. The molecule has 0 N–H and O–H groups in total. The van der Waals surface area contributed by atoms with Gasteiger partial charge in [-0.05, 0) is 42.2 Å². The van der Waals surface area contributed by atoms with Gasteiger partial charge in [0.15, 0.2) is 0 Å². The zero-order chi connectivity index (χ0) is 13.7. The van der Waals surface area contributed by atoms with Crippen molar-refractivity contribution >= 4 is 6.29 Å². The third kappa shape index (κ3) is 3.02. The highest BCUT2D eigenvalue weighted by Gasteiger charge is 2.04. The molecule has 0 amide bonds. The summed E-state index contributed by atoms with van der Waals surface area (Å²) in [6, 6.07) is 14.0. The van der Waals surface area contributed by atoms with Crippen molar-refractivity contribution in [1.82, 2.24) is 0 Å². The van der Waals surface area contributed by atoms with Gasteiger partial charge in [-0.1, -0.05) is 37.3 Å². The van der Waals surface area contributed by atoms with Gasteiger partial charge in [0.05, 0.1) is 6.61 Å². The lowest BCUT2D eigenvalue weighted by Gasteiger charge is -2.09. The van der Waals surface area contributed by atoms with E-state index in [1.807, 2.05) is 37.3 Å². The highest BCUT2D eigenvalue weighted by molar-refractivity contribution is 5.80. The third-order valence-corrected chi connectivity index (χ3v) is 3.13. The van der Waals surface area contributed by atoms with Crippen molar-refractivity contribution in [3.05, 3.63) is 53.6 Å². The summed E-state index contributed by atoms with van der Waals surface area (Å²) in [4.78, 5) is 11.0. The maximum absolute atomic E-state index is 11.0. The molecule has 2 aromatic carbocycles. The molecule has 2 rings (SSSR count). The zero-order valence-electron chi connectivity index (χ0n) is 11.3. The molecule has 2 heteroatoms. The summed E-state index contributed by atoms with van der Waals surface area (Å²) in [7, 11) is 0. The minimum Gasteiger partial charge on any atom is -0.494 e. The molecule has 0 aliphatic rings. The van der Waals surface area contributed by atoms with Gasteiger partial charge in [0.2, 0.25) is 0 Å². The smallest absolute Gasteiger partial charge is 0.150 e. The molecular weight excluding hydrogens is 236 g/mol. The molecule has 0 spiro atoms. The maximum Gasteiger partial charge on any atom is 0.150 e. The molecule has 0 fully saturated rings. The van der Waals surface area contributed by atoms with Crippen LogP contribution in [0.3, 0.4) is 0 Å². The number of benzene rings is 2. The molecule has 0 radical (unpaired) electrons. The fraction of sp³-hybridized carbons (Fsp3) is 0.235. The lowest BCUT2D eigenvalue weighted by atomic mass is 9.98. The van der Waals surface area contributed by atoms with Crippen LogP contribution in [0.4, 0.5) is 0 Å². The summed E-state index contributed by atoms with van der Waals surface area (Å²) < 4.78 is 5.51. The Balaban J connectivity index is 2.41. The molecule has 0 unspecified atom stereocenters. The van der Waals surface area contributed by atoms with Crippen molar-refractivity contribution in [3.63, 3.8) is 0 Å². The van der Waals surface area contributed by atoms with Gasteiger partial charge in [0.1, 0.15) is 12.0 Å². The molecule has 0 atom stereocenters. The van der Waals surface area contributed by atoms with Crippen LogP contribution in [0, 0.1) is 0 Å². The topological polar surface area (TPSA) is 26.3 Å². The SMILES string of the molecule is CCOc1cccc(-c2ccc(C=O)c(CC)c2)c1. The van der Waals surface area contributed by atoms with Crippen LogP contribution in [0.5, 0.6) is 5.75 Å². The first-order valence-corrected chi connectivity index (χ1v) is 6.59. The van der Waals surface area contributed by atoms with Gasteiger partial charge in [0, 0.05) is 5.56 Å². The molecule has 2 nitrogen and oxygen atoms in total. The first-order valence-electron chi connectivity index (χ1n) is 6.59. The van der Waals surface area contributed by atoms with Crippen LogP contribution in [0.25, 0.3) is 11.1 Å². The van der Waals surface area contributed by atoms with Crippen LogP contribution in [-0.2, 0) is 6.42 Å². The zero-order valence-corrected chi connectivity index (χ0v) is 11.3. The highest BCUT2D eigenvalue weighted by atomic mass is 16.5. The summed E-state index contributed by atoms with van der Waals surface area (Å²) in [5, 5.41) is 0. The van der Waals surface area contributed by atoms with E-state index in [0.29, 0.717) is 6.61 Å². The normalized spacial score (nSPS) is 10.2. The monoisotopic (exact) mass is 254 g/mol. The average molecular weight is 254 g/mol. The van der Waals surface area contributed by atoms with E-state index in [1.165, 1.54) is 0 Å². The van der Waals surface area contributed by atoms with Gasteiger partial charge >= 0.3 is 0 Å². The van der Waals surface area contributed by atoms with Crippen LogP contribution in [0.1, 0.15) is 29.8 Å². The van der Waals surface area contributed by atoms with E-state index in [1.54, 1.807) is 0 Å². The Bertz CT molecular complexity index is 573. The van der Waals surface area contributed by atoms with Crippen LogP contribution in [0.2, 0.25) is 0 Å². The largest absolute Gasteiger partial charge is 0.494 e. The predicted octanol–water partition coefficient (Wildman–Crippen LogP) is 4.13. The molecule has 0 saturated heterocycles. The molecule has 0 aromatic heterocycles. The number of rotatable bonds is 5. The minimum atomic E-state index is 0.660. The van der Waals surface area contributed by atoms with E-state index in [2.05, 4.69) is 19.1 Å². The second kappa shape index (κ2) is 6.19. The second-order valence-corrected chi connectivity index (χ2v) is 4.35. The molecule has 98 valence electrons. The predicted molar refractivity (Wildman–Crippen MR) is 77.8 cm³/mol. The Morgan fingerprint density at radius 2 is 1.84 bits per heavy atom. The maximum atomic E-state index is 11.0. The fourth-order valence-electron chi connectivity index (χ4n) is 2.14. The van der Waals surface area contributed by atoms with Gasteiger partial charge in [-0.15, -0.1) is 0 Å². The van der Waals surface area contributed by atoms with Gasteiger partial charge in [0.25, 0.3) is 0 Å². The summed E-state index contributed by atoms with van der Waals surface area (Å²) in [5.41, 5.74) is 4.07. The number of ether oxygens (including phenoxy) is 1. The Morgan fingerprint density at radius 3 is 2.53 bits per heavy atom. The van der Waals surface area contributed by atoms with Crippen LogP contribution in [0.15, 0.2) is 42.5 Å². The van der Waals surface area contributed by atoms with E-state index in [9.17, 15) is 4.79 Å². The van der Waals surface area contributed by atoms with E-state index in [4.69, 9.17) is 4.74 Å². The third-order valence-electron chi connectivity index (χ3n) is 3.13. The van der Waals surface area contributed by atoms with Crippen molar-refractivity contribution in [2.75, 3.05) is 6.61 Å². The number of aryl methyl sites for hydroxylation is 1. The minimum absolute atomic E-state index is 0.660.